The maximum atomic E-state index is 12.7. The number of Topliss-reactive ketones (excluding diaryl/α,β-unsaturated/α-hetero) is 1. The Balaban J connectivity index is 1.83. The van der Waals surface area contributed by atoms with Crippen molar-refractivity contribution in [1.82, 2.24) is 9.55 Å². The predicted octanol–water partition coefficient (Wildman–Crippen LogP) is 4.12. The van der Waals surface area contributed by atoms with Gasteiger partial charge in [0, 0.05) is 22.6 Å². The number of ketones is 1. The lowest BCUT2D eigenvalue weighted by molar-refractivity contribution is -0.116. The van der Waals surface area contributed by atoms with Gasteiger partial charge in [0.25, 0.3) is 0 Å². The monoisotopic (exact) mass is 321 g/mol. The molecule has 0 radical (unpaired) electrons. The quantitative estimate of drug-likeness (QED) is 0.733. The lowest BCUT2D eigenvalue weighted by atomic mass is 9.88. The topological polar surface area (TPSA) is 46.9 Å². The van der Waals surface area contributed by atoms with Crippen LogP contribution < -0.4 is 5.32 Å². The minimum atomic E-state index is -0.0542. The van der Waals surface area contributed by atoms with Gasteiger partial charge in [-0.25, -0.2) is 4.98 Å². The third-order valence-electron chi connectivity index (χ3n) is 4.66. The van der Waals surface area contributed by atoms with E-state index in [1.807, 2.05) is 24.3 Å². The van der Waals surface area contributed by atoms with E-state index in [4.69, 9.17) is 4.98 Å². The molecule has 3 heterocycles. The molecule has 5 rings (SSSR count). The highest BCUT2D eigenvalue weighted by Gasteiger charge is 2.36. The number of nitrogens with one attached hydrogen (secondary N) is 1. The number of para-hydroxylation sites is 2. The Kier molecular flexibility index (Phi) is 2.73. The number of aromatic nitrogens is 2. The van der Waals surface area contributed by atoms with Gasteiger partial charge in [-0.15, -0.1) is 11.3 Å². The number of fused-ring (bicyclic) bond motifs is 3. The van der Waals surface area contributed by atoms with Crippen molar-refractivity contribution in [3.63, 3.8) is 0 Å². The Labute approximate surface area is 137 Å². The molecule has 1 atom stereocenters. The minimum absolute atomic E-state index is 0.0542. The molecule has 2 aliphatic rings. The first-order chi connectivity index (χ1) is 11.3. The number of benzene rings is 1. The van der Waals surface area contributed by atoms with E-state index in [0.29, 0.717) is 6.42 Å². The number of anilines is 1. The summed E-state index contributed by atoms with van der Waals surface area (Å²) >= 11 is 1.70. The summed E-state index contributed by atoms with van der Waals surface area (Å²) in [5.41, 5.74) is 4.01. The number of carbonyl (C=O) groups excluding carboxylic acids is 1. The molecule has 2 aromatic heterocycles. The number of carbonyl (C=O) groups is 1. The molecule has 0 bridgehead atoms. The molecular weight excluding hydrogens is 306 g/mol. The number of thiophene rings is 1. The van der Waals surface area contributed by atoms with E-state index < -0.39 is 0 Å². The maximum Gasteiger partial charge on any atom is 0.209 e. The SMILES string of the molecule is O=C1CCCC2=C1[C@@H](c1cccs1)n1c(nc3ccccc31)N2. The van der Waals surface area contributed by atoms with Crippen molar-refractivity contribution in [3.05, 3.63) is 57.9 Å². The molecule has 114 valence electrons. The zero-order chi connectivity index (χ0) is 15.4. The number of nitrogens with zero attached hydrogens (tertiary/aromatic N) is 2. The molecule has 0 unspecified atom stereocenters. The van der Waals surface area contributed by atoms with Crippen LogP contribution in [0.5, 0.6) is 0 Å². The molecule has 0 saturated heterocycles. The molecule has 0 amide bonds. The van der Waals surface area contributed by atoms with E-state index in [9.17, 15) is 4.79 Å². The average Bonchev–Trinajstić information content (AvgIpc) is 3.20. The molecule has 4 nitrogen and oxygen atoms in total. The van der Waals surface area contributed by atoms with Gasteiger partial charge in [0.15, 0.2) is 5.78 Å². The number of imidazole rings is 1. The van der Waals surface area contributed by atoms with Crippen LogP contribution in [0.15, 0.2) is 53.0 Å². The first-order valence-corrected chi connectivity index (χ1v) is 8.74. The molecule has 0 spiro atoms. The fourth-order valence-corrected chi connectivity index (χ4v) is 4.51. The van der Waals surface area contributed by atoms with Crippen molar-refractivity contribution in [2.45, 2.75) is 25.3 Å². The molecule has 0 fully saturated rings. The molecule has 1 aliphatic heterocycles. The van der Waals surface area contributed by atoms with Crippen LogP contribution in [0.4, 0.5) is 5.95 Å². The first-order valence-electron chi connectivity index (χ1n) is 7.86. The zero-order valence-electron chi connectivity index (χ0n) is 12.5. The largest absolute Gasteiger partial charge is 0.329 e. The van der Waals surface area contributed by atoms with Crippen LogP contribution in [0.3, 0.4) is 0 Å². The molecule has 5 heteroatoms. The van der Waals surface area contributed by atoms with Crippen LogP contribution in [0.2, 0.25) is 0 Å². The molecule has 1 N–H and O–H groups in total. The summed E-state index contributed by atoms with van der Waals surface area (Å²) in [6, 6.07) is 12.2. The fraction of sp³-hybridized carbons (Fsp3) is 0.222. The summed E-state index contributed by atoms with van der Waals surface area (Å²) in [5.74, 6) is 1.11. The van der Waals surface area contributed by atoms with E-state index in [0.717, 1.165) is 41.1 Å². The lowest BCUT2D eigenvalue weighted by Gasteiger charge is -2.33. The van der Waals surface area contributed by atoms with E-state index in [-0.39, 0.29) is 11.8 Å². The Bertz CT molecular complexity index is 952. The van der Waals surface area contributed by atoms with Crippen LogP contribution in [0, 0.1) is 0 Å². The highest BCUT2D eigenvalue weighted by molar-refractivity contribution is 7.10. The van der Waals surface area contributed by atoms with Crippen molar-refractivity contribution in [2.24, 2.45) is 0 Å². The Morgan fingerprint density at radius 2 is 2.09 bits per heavy atom. The Hall–Kier alpha value is -2.40. The third kappa shape index (κ3) is 1.83. The van der Waals surface area contributed by atoms with Gasteiger partial charge in [-0.05, 0) is 36.4 Å². The normalized spacial score (nSPS) is 20.3. The van der Waals surface area contributed by atoms with Crippen molar-refractivity contribution >= 4 is 34.1 Å². The van der Waals surface area contributed by atoms with Gasteiger partial charge in [-0.1, -0.05) is 18.2 Å². The van der Waals surface area contributed by atoms with Gasteiger partial charge >= 0.3 is 0 Å². The van der Waals surface area contributed by atoms with Crippen molar-refractivity contribution < 1.29 is 4.79 Å². The van der Waals surface area contributed by atoms with Crippen LogP contribution in [-0.2, 0) is 4.79 Å². The van der Waals surface area contributed by atoms with Crippen molar-refractivity contribution in [2.75, 3.05) is 5.32 Å². The van der Waals surface area contributed by atoms with Gasteiger partial charge in [-0.3, -0.25) is 9.36 Å². The number of hydrogen-bond acceptors (Lipinski definition) is 4. The van der Waals surface area contributed by atoms with Gasteiger partial charge in [0.2, 0.25) is 5.95 Å². The molecular formula is C18H15N3OS. The average molecular weight is 321 g/mol. The summed E-state index contributed by atoms with van der Waals surface area (Å²) in [5, 5.41) is 5.50. The highest BCUT2D eigenvalue weighted by atomic mass is 32.1. The predicted molar refractivity (Wildman–Crippen MR) is 91.7 cm³/mol. The third-order valence-corrected chi connectivity index (χ3v) is 5.58. The molecule has 0 saturated carbocycles. The summed E-state index contributed by atoms with van der Waals surface area (Å²) in [7, 11) is 0. The summed E-state index contributed by atoms with van der Waals surface area (Å²) in [4.78, 5) is 18.6. The fourth-order valence-electron chi connectivity index (χ4n) is 3.69. The van der Waals surface area contributed by atoms with Crippen molar-refractivity contribution in [3.8, 4) is 0 Å². The van der Waals surface area contributed by atoms with Gasteiger partial charge < -0.3 is 5.32 Å². The van der Waals surface area contributed by atoms with Crippen LogP contribution >= 0.6 is 11.3 Å². The van der Waals surface area contributed by atoms with Gasteiger partial charge in [0.1, 0.15) is 6.04 Å². The Morgan fingerprint density at radius 1 is 1.17 bits per heavy atom. The molecule has 1 aliphatic carbocycles. The smallest absolute Gasteiger partial charge is 0.209 e. The van der Waals surface area contributed by atoms with E-state index >= 15 is 0 Å². The second-order valence-corrected chi connectivity index (χ2v) is 6.99. The number of rotatable bonds is 1. The summed E-state index contributed by atoms with van der Waals surface area (Å²) < 4.78 is 2.18. The van der Waals surface area contributed by atoms with Crippen LogP contribution in [0.1, 0.15) is 30.2 Å². The van der Waals surface area contributed by atoms with E-state index in [2.05, 4.69) is 27.4 Å². The second kappa shape index (κ2) is 4.80. The number of hydrogen-bond donors (Lipinski definition) is 1. The highest BCUT2D eigenvalue weighted by Crippen LogP contribution is 2.43. The second-order valence-electron chi connectivity index (χ2n) is 6.01. The standard InChI is InChI=1S/C18H15N3OS/c22-14-8-3-6-12-16(14)17(15-9-4-10-23-15)21-13-7-2-1-5-11(13)19-18(21)20-12/h1-2,4-5,7,9-10,17H,3,6,8H2,(H,19,20)/t17-/m1/s1. The van der Waals surface area contributed by atoms with E-state index in [1.54, 1.807) is 11.3 Å². The zero-order valence-corrected chi connectivity index (χ0v) is 13.3. The van der Waals surface area contributed by atoms with Gasteiger partial charge in [-0.2, -0.15) is 0 Å². The Morgan fingerprint density at radius 3 is 2.96 bits per heavy atom. The summed E-state index contributed by atoms with van der Waals surface area (Å²) in [6.07, 6.45) is 2.48. The minimum Gasteiger partial charge on any atom is -0.329 e. The summed E-state index contributed by atoms with van der Waals surface area (Å²) in [6.45, 7) is 0. The molecule has 1 aromatic carbocycles. The van der Waals surface area contributed by atoms with Crippen LogP contribution in [0.25, 0.3) is 11.0 Å². The van der Waals surface area contributed by atoms with Gasteiger partial charge in [0.05, 0.1) is 11.0 Å². The first kappa shape index (κ1) is 13.1. The van der Waals surface area contributed by atoms with E-state index in [1.165, 1.54) is 4.88 Å². The number of allylic oxidation sites excluding steroid dienone is 2. The maximum absolute atomic E-state index is 12.7. The van der Waals surface area contributed by atoms with Crippen molar-refractivity contribution in [1.29, 1.82) is 0 Å². The molecule has 3 aromatic rings. The molecule has 23 heavy (non-hydrogen) atoms. The lowest BCUT2D eigenvalue weighted by Crippen LogP contribution is -2.30. The van der Waals surface area contributed by atoms with Crippen LogP contribution in [-0.4, -0.2) is 15.3 Å².